The van der Waals surface area contributed by atoms with Gasteiger partial charge in [0, 0.05) is 31.1 Å². The number of nitrogens with zero attached hydrogens (tertiary/aromatic N) is 4. The molecule has 0 saturated carbocycles. The molecule has 10 heteroatoms. The first-order chi connectivity index (χ1) is 24.5. The van der Waals surface area contributed by atoms with E-state index in [1.165, 1.54) is 18.2 Å². The third-order valence-corrected chi connectivity index (χ3v) is 10.8. The molecule has 3 aromatic rings. The maximum Gasteiger partial charge on any atom is 0.407 e. The Labute approximate surface area is 301 Å². The van der Waals surface area contributed by atoms with Crippen molar-refractivity contribution in [3.05, 3.63) is 77.3 Å². The Morgan fingerprint density at radius 3 is 2.33 bits per heavy atom. The van der Waals surface area contributed by atoms with Crippen LogP contribution in [-0.4, -0.2) is 75.7 Å². The molecular weight excluding hydrogens is 640 g/mol. The molecule has 1 aromatic heterocycles. The van der Waals surface area contributed by atoms with Crippen molar-refractivity contribution in [2.75, 3.05) is 20.2 Å². The second-order valence-corrected chi connectivity index (χ2v) is 14.9. The number of hydrogen-bond donors (Lipinski definition) is 2. The molecule has 2 aromatic carbocycles. The molecule has 0 radical (unpaired) electrons. The molecule has 2 saturated heterocycles. The van der Waals surface area contributed by atoms with Gasteiger partial charge in [0.15, 0.2) is 0 Å². The summed E-state index contributed by atoms with van der Waals surface area (Å²) >= 11 is 0. The SMILES string of the molecule is COC(=O)N[C@H](C(=O)N1CCC[C@H]1C1=Nc2cc(CC=Cc3ccc(-c4cnc(C5CCCN5C(=O)[C@@H](C)C(C)C)[nH]4)cc3)ccc2C1)C(C)C. The maximum atomic E-state index is 13.6. The number of fused-ring (bicyclic) bond motifs is 1. The number of ether oxygens (including phenoxy) is 1. The highest BCUT2D eigenvalue weighted by atomic mass is 16.5. The Morgan fingerprint density at radius 1 is 0.941 bits per heavy atom. The summed E-state index contributed by atoms with van der Waals surface area (Å²) in [6.07, 6.45) is 10.8. The Balaban J connectivity index is 1.06. The molecule has 51 heavy (non-hydrogen) atoms. The molecule has 0 bridgehead atoms. The molecular formula is C41H52N6O4. The summed E-state index contributed by atoms with van der Waals surface area (Å²) in [6, 6.07) is 14.2. The normalized spacial score (nSPS) is 19.9. The molecule has 2 fully saturated rings. The van der Waals surface area contributed by atoms with Crippen molar-refractivity contribution in [2.24, 2.45) is 22.7 Å². The van der Waals surface area contributed by atoms with E-state index in [1.807, 2.05) is 36.8 Å². The van der Waals surface area contributed by atoms with Crippen LogP contribution in [0.3, 0.4) is 0 Å². The number of carbonyl (C=O) groups excluding carboxylic acids is 3. The summed E-state index contributed by atoms with van der Waals surface area (Å²) < 4.78 is 4.77. The number of imidazole rings is 1. The minimum atomic E-state index is -0.639. The van der Waals surface area contributed by atoms with Crippen LogP contribution in [0.5, 0.6) is 0 Å². The predicted octanol–water partition coefficient (Wildman–Crippen LogP) is 7.29. The Morgan fingerprint density at radius 2 is 1.65 bits per heavy atom. The van der Waals surface area contributed by atoms with E-state index in [0.717, 1.165) is 79.1 Å². The van der Waals surface area contributed by atoms with Gasteiger partial charge in [0.05, 0.1) is 36.8 Å². The molecule has 0 aliphatic carbocycles. The fourth-order valence-corrected chi connectivity index (χ4v) is 7.45. The number of likely N-dealkylation sites (tertiary alicyclic amines) is 2. The fourth-order valence-electron chi connectivity index (χ4n) is 7.45. The van der Waals surface area contributed by atoms with Gasteiger partial charge in [0.1, 0.15) is 11.9 Å². The smallest absolute Gasteiger partial charge is 0.407 e. The van der Waals surface area contributed by atoms with Crippen molar-refractivity contribution in [1.29, 1.82) is 0 Å². The molecule has 4 heterocycles. The van der Waals surface area contributed by atoms with Crippen molar-refractivity contribution in [3.8, 4) is 11.3 Å². The molecule has 3 aliphatic heterocycles. The number of carbonyl (C=O) groups is 3. The van der Waals surface area contributed by atoms with Gasteiger partial charge in [-0.15, -0.1) is 0 Å². The van der Waals surface area contributed by atoms with Crippen LogP contribution in [0.15, 0.2) is 59.7 Å². The first kappa shape index (κ1) is 36.1. The zero-order valence-corrected chi connectivity index (χ0v) is 30.8. The number of alkyl carbamates (subject to hydrolysis) is 1. The highest BCUT2D eigenvalue weighted by Crippen LogP contribution is 2.35. The third kappa shape index (κ3) is 7.95. The molecule has 270 valence electrons. The number of hydrogen-bond acceptors (Lipinski definition) is 6. The summed E-state index contributed by atoms with van der Waals surface area (Å²) in [5, 5.41) is 2.73. The largest absolute Gasteiger partial charge is 0.453 e. The lowest BCUT2D eigenvalue weighted by molar-refractivity contribution is -0.137. The van der Waals surface area contributed by atoms with E-state index in [1.54, 1.807) is 0 Å². The monoisotopic (exact) mass is 692 g/mol. The van der Waals surface area contributed by atoms with Gasteiger partial charge < -0.3 is 24.8 Å². The average Bonchev–Trinajstić information content (AvgIpc) is 3.95. The van der Waals surface area contributed by atoms with E-state index in [-0.39, 0.29) is 35.7 Å². The zero-order chi connectivity index (χ0) is 36.2. The minimum Gasteiger partial charge on any atom is -0.453 e. The number of rotatable bonds is 11. The molecule has 4 atom stereocenters. The van der Waals surface area contributed by atoms with Crippen LogP contribution in [0.2, 0.25) is 0 Å². The summed E-state index contributed by atoms with van der Waals surface area (Å²) in [4.78, 5) is 55.7. The molecule has 3 aliphatic rings. The lowest BCUT2D eigenvalue weighted by Crippen LogP contribution is -2.53. The number of aromatic amines is 1. The van der Waals surface area contributed by atoms with Crippen molar-refractivity contribution in [3.63, 3.8) is 0 Å². The van der Waals surface area contributed by atoms with Crippen LogP contribution < -0.4 is 5.32 Å². The number of H-pyrrole nitrogens is 1. The number of aromatic nitrogens is 2. The van der Waals surface area contributed by atoms with Gasteiger partial charge in [-0.1, -0.05) is 83.2 Å². The van der Waals surface area contributed by atoms with Crippen LogP contribution in [0.4, 0.5) is 10.5 Å². The quantitative estimate of drug-likeness (QED) is 0.219. The second kappa shape index (κ2) is 15.7. The standard InChI is InChI=1S/C41H52N6O4/c1-25(2)27(5)39(48)47-21-9-13-36(47)38-42-24-34(44-38)30-17-14-28(15-18-30)10-7-11-29-16-19-31-23-33(43-32(31)22-29)35-12-8-20-46(35)40(49)37(26(3)4)45-41(50)51-6/h7,10,14-19,22,24-27,35-37H,8-9,11-13,20-21,23H2,1-6H3,(H,42,44)(H,45,50)/t27-,35-,36?,37-/m0/s1. The second-order valence-electron chi connectivity index (χ2n) is 14.9. The lowest BCUT2D eigenvalue weighted by atomic mass is 9.96. The van der Waals surface area contributed by atoms with Gasteiger partial charge in [0.2, 0.25) is 11.8 Å². The van der Waals surface area contributed by atoms with Gasteiger partial charge >= 0.3 is 6.09 Å². The average molecular weight is 693 g/mol. The molecule has 10 nitrogen and oxygen atoms in total. The summed E-state index contributed by atoms with van der Waals surface area (Å²) in [6.45, 7) is 11.5. The fraction of sp³-hybridized carbons (Fsp3) is 0.488. The molecule has 2 N–H and O–H groups in total. The van der Waals surface area contributed by atoms with Crippen LogP contribution in [0.1, 0.15) is 88.9 Å². The predicted molar refractivity (Wildman–Crippen MR) is 201 cm³/mol. The van der Waals surface area contributed by atoms with Crippen LogP contribution >= 0.6 is 0 Å². The number of benzene rings is 2. The summed E-state index contributed by atoms with van der Waals surface area (Å²) in [7, 11) is 1.31. The van der Waals surface area contributed by atoms with Crippen LogP contribution in [0, 0.1) is 17.8 Å². The van der Waals surface area contributed by atoms with Crippen molar-refractivity contribution < 1.29 is 19.1 Å². The zero-order valence-electron chi connectivity index (χ0n) is 30.8. The molecule has 1 unspecified atom stereocenters. The van der Waals surface area contributed by atoms with Gasteiger partial charge in [0.25, 0.3) is 0 Å². The number of methoxy groups -OCH3 is 1. The Kier molecular flexibility index (Phi) is 11.1. The van der Waals surface area contributed by atoms with E-state index >= 15 is 0 Å². The van der Waals surface area contributed by atoms with E-state index in [2.05, 4.69) is 78.8 Å². The van der Waals surface area contributed by atoms with Crippen LogP contribution in [-0.2, 0) is 27.2 Å². The first-order valence-electron chi connectivity index (χ1n) is 18.5. The van der Waals surface area contributed by atoms with Crippen molar-refractivity contribution >= 4 is 35.4 Å². The third-order valence-electron chi connectivity index (χ3n) is 10.8. The van der Waals surface area contributed by atoms with E-state index < -0.39 is 12.1 Å². The van der Waals surface area contributed by atoms with Crippen molar-refractivity contribution in [2.45, 2.75) is 91.3 Å². The van der Waals surface area contributed by atoms with E-state index in [0.29, 0.717) is 12.5 Å². The van der Waals surface area contributed by atoms with Gasteiger partial charge in [-0.2, -0.15) is 0 Å². The number of aliphatic imine (C=N–C) groups is 1. The number of allylic oxidation sites excluding steroid dienone is 1. The first-order valence-corrected chi connectivity index (χ1v) is 18.5. The number of nitrogens with one attached hydrogen (secondary N) is 2. The van der Waals surface area contributed by atoms with Crippen LogP contribution in [0.25, 0.3) is 17.3 Å². The molecule has 6 rings (SSSR count). The highest BCUT2D eigenvalue weighted by Gasteiger charge is 2.39. The topological polar surface area (TPSA) is 120 Å². The minimum absolute atomic E-state index is 0.000777. The maximum absolute atomic E-state index is 13.6. The van der Waals surface area contributed by atoms with E-state index in [4.69, 9.17) is 14.7 Å². The van der Waals surface area contributed by atoms with Crippen molar-refractivity contribution in [1.82, 2.24) is 25.1 Å². The molecule has 0 spiro atoms. The Hall–Kier alpha value is -4.73. The number of amides is 3. The van der Waals surface area contributed by atoms with Gasteiger partial charge in [-0.3, -0.25) is 14.6 Å². The van der Waals surface area contributed by atoms with E-state index in [9.17, 15) is 14.4 Å². The van der Waals surface area contributed by atoms with Gasteiger partial charge in [-0.25, -0.2) is 9.78 Å². The molecule has 3 amide bonds. The van der Waals surface area contributed by atoms with Gasteiger partial charge in [-0.05, 0) is 72.3 Å². The summed E-state index contributed by atoms with van der Waals surface area (Å²) in [5.41, 5.74) is 7.49. The Bertz CT molecular complexity index is 1790. The summed E-state index contributed by atoms with van der Waals surface area (Å²) in [5.74, 6) is 1.25. The lowest BCUT2D eigenvalue weighted by Gasteiger charge is -2.30. The highest BCUT2D eigenvalue weighted by molar-refractivity contribution is 6.01.